The second-order valence-electron chi connectivity index (χ2n) is 4.30. The van der Waals surface area contributed by atoms with E-state index in [2.05, 4.69) is 15.5 Å². The molecular weight excluding hydrogens is 328 g/mol. The normalized spacial score (nSPS) is 10.7. The average Bonchev–Trinajstić information content (AvgIpc) is 2.97. The summed E-state index contributed by atoms with van der Waals surface area (Å²) in [5, 5.41) is 11.2. The minimum Gasteiger partial charge on any atom is -0.384 e. The van der Waals surface area contributed by atoms with Crippen molar-refractivity contribution < 1.29 is 4.79 Å². The highest BCUT2D eigenvalue weighted by Crippen LogP contribution is 2.25. The third kappa shape index (κ3) is 2.90. The van der Waals surface area contributed by atoms with Gasteiger partial charge in [-0.05, 0) is 0 Å². The minimum atomic E-state index is -0.695. The predicted octanol–water partition coefficient (Wildman–Crippen LogP) is -0.466. The van der Waals surface area contributed by atoms with Gasteiger partial charge in [0, 0.05) is 21.1 Å². The van der Waals surface area contributed by atoms with Crippen LogP contribution in [0.2, 0.25) is 0 Å². The van der Waals surface area contributed by atoms with Crippen LogP contribution in [0.3, 0.4) is 0 Å². The van der Waals surface area contributed by atoms with Gasteiger partial charge < -0.3 is 11.1 Å². The van der Waals surface area contributed by atoms with E-state index >= 15 is 0 Å². The van der Waals surface area contributed by atoms with E-state index in [1.807, 2.05) is 0 Å². The quantitative estimate of drug-likeness (QED) is 0.552. The fourth-order valence-electron chi connectivity index (χ4n) is 1.69. The van der Waals surface area contributed by atoms with E-state index in [1.54, 1.807) is 7.05 Å². The molecule has 9 nitrogen and oxygen atoms in total. The molecule has 0 saturated heterocycles. The summed E-state index contributed by atoms with van der Waals surface area (Å²) in [7, 11) is 4.43. The zero-order chi connectivity index (χ0) is 16.4. The second-order valence-corrected chi connectivity index (χ2v) is 6.50. The number of nitrogen functional groups attached to an aromatic ring is 1. The lowest BCUT2D eigenvalue weighted by Gasteiger charge is -2.10. The van der Waals surface area contributed by atoms with Crippen molar-refractivity contribution in [3.63, 3.8) is 0 Å². The van der Waals surface area contributed by atoms with Gasteiger partial charge in [0.2, 0.25) is 5.13 Å². The summed E-state index contributed by atoms with van der Waals surface area (Å²) >= 11 is 2.45. The molecule has 0 aliphatic carbocycles. The summed E-state index contributed by atoms with van der Waals surface area (Å²) in [6.07, 6.45) is 0. The molecule has 3 N–H and O–H groups in total. The Bertz CT molecular complexity index is 837. The van der Waals surface area contributed by atoms with Crippen LogP contribution >= 0.6 is 23.1 Å². The fraction of sp³-hybridized carbons (Fsp3) is 0.364. The number of aromatic nitrogens is 4. The van der Waals surface area contributed by atoms with Gasteiger partial charge in [-0.25, -0.2) is 4.79 Å². The molecule has 2 heterocycles. The second kappa shape index (κ2) is 6.32. The molecule has 0 unspecified atom stereocenters. The summed E-state index contributed by atoms with van der Waals surface area (Å²) in [5.41, 5.74) is 4.28. The third-order valence-corrected chi connectivity index (χ3v) is 5.01. The number of Topliss-reactive ketones (excluding diaryl/α,β-unsaturated/α-hetero) is 1. The summed E-state index contributed by atoms with van der Waals surface area (Å²) in [5.74, 6) is -0.609. The van der Waals surface area contributed by atoms with E-state index < -0.39 is 17.0 Å². The summed E-state index contributed by atoms with van der Waals surface area (Å²) in [6, 6.07) is 0. The van der Waals surface area contributed by atoms with Crippen LogP contribution < -0.4 is 22.3 Å². The number of hydrogen-bond donors (Lipinski definition) is 2. The van der Waals surface area contributed by atoms with Crippen LogP contribution in [-0.2, 0) is 14.1 Å². The van der Waals surface area contributed by atoms with Gasteiger partial charge in [-0.3, -0.25) is 18.7 Å². The Morgan fingerprint density at radius 2 is 2.00 bits per heavy atom. The van der Waals surface area contributed by atoms with Gasteiger partial charge in [0.1, 0.15) is 11.4 Å². The van der Waals surface area contributed by atoms with Crippen LogP contribution in [0, 0.1) is 0 Å². The highest BCUT2D eigenvalue weighted by atomic mass is 32.2. The lowest BCUT2D eigenvalue weighted by atomic mass is 10.2. The highest BCUT2D eigenvalue weighted by molar-refractivity contribution is 8.01. The SMILES string of the molecule is CNc1nnc(SCC(=O)c2c(N)n(C)c(=O)n(C)c2=O)s1. The van der Waals surface area contributed by atoms with Gasteiger partial charge in [-0.1, -0.05) is 23.1 Å². The third-order valence-electron chi connectivity index (χ3n) is 2.94. The fourth-order valence-corrected chi connectivity index (χ4v) is 3.27. The molecule has 2 rings (SSSR count). The summed E-state index contributed by atoms with van der Waals surface area (Å²) < 4.78 is 2.53. The van der Waals surface area contributed by atoms with Crippen LogP contribution in [0.4, 0.5) is 10.9 Å². The van der Waals surface area contributed by atoms with Crippen molar-refractivity contribution in [2.24, 2.45) is 14.1 Å². The van der Waals surface area contributed by atoms with E-state index in [4.69, 9.17) is 5.73 Å². The molecule has 0 atom stereocenters. The molecule has 22 heavy (non-hydrogen) atoms. The highest BCUT2D eigenvalue weighted by Gasteiger charge is 2.20. The van der Waals surface area contributed by atoms with Crippen LogP contribution in [0.25, 0.3) is 0 Å². The molecule has 0 aromatic carbocycles. The molecular formula is C11H14N6O3S2. The molecule has 2 aromatic rings. The molecule has 0 saturated carbocycles. The smallest absolute Gasteiger partial charge is 0.332 e. The monoisotopic (exact) mass is 342 g/mol. The first kappa shape index (κ1) is 16.2. The number of nitrogens with two attached hydrogens (primary N) is 1. The van der Waals surface area contributed by atoms with Gasteiger partial charge in [0.25, 0.3) is 5.56 Å². The van der Waals surface area contributed by atoms with Crippen molar-refractivity contribution in [3.05, 3.63) is 26.4 Å². The zero-order valence-electron chi connectivity index (χ0n) is 12.1. The first-order chi connectivity index (χ1) is 10.4. The molecule has 0 amide bonds. The van der Waals surface area contributed by atoms with E-state index in [1.165, 1.54) is 25.4 Å². The van der Waals surface area contributed by atoms with Crippen LogP contribution in [0.5, 0.6) is 0 Å². The molecule has 0 spiro atoms. The number of nitrogens with one attached hydrogen (secondary N) is 1. The first-order valence-corrected chi connectivity index (χ1v) is 7.89. The maximum Gasteiger partial charge on any atom is 0.332 e. The molecule has 0 aliphatic rings. The van der Waals surface area contributed by atoms with Crippen molar-refractivity contribution in [1.82, 2.24) is 19.3 Å². The van der Waals surface area contributed by atoms with Gasteiger partial charge in [-0.2, -0.15) is 0 Å². The molecule has 0 aliphatic heterocycles. The van der Waals surface area contributed by atoms with Gasteiger partial charge in [0.05, 0.1) is 5.75 Å². The van der Waals surface area contributed by atoms with Crippen LogP contribution in [0.1, 0.15) is 10.4 Å². The molecule has 2 aromatic heterocycles. The summed E-state index contributed by atoms with van der Waals surface area (Å²) in [4.78, 5) is 36.0. The lowest BCUT2D eigenvalue weighted by molar-refractivity contribution is 0.102. The Balaban J connectivity index is 2.27. The Kier molecular flexibility index (Phi) is 4.66. The summed E-state index contributed by atoms with van der Waals surface area (Å²) in [6.45, 7) is 0. The lowest BCUT2D eigenvalue weighted by Crippen LogP contribution is -2.41. The standard InChI is InChI=1S/C11H14N6O3S2/c1-13-9-14-15-10(22-9)21-4-5(18)6-7(12)16(2)11(20)17(3)8(6)19/h4,12H2,1-3H3,(H,13,14). The zero-order valence-corrected chi connectivity index (χ0v) is 13.7. The molecule has 0 radical (unpaired) electrons. The maximum atomic E-state index is 12.3. The Hall–Kier alpha value is -2.14. The number of carbonyl (C=O) groups is 1. The number of carbonyl (C=O) groups excluding carboxylic acids is 1. The maximum absolute atomic E-state index is 12.3. The number of nitrogens with zero attached hydrogens (tertiary/aromatic N) is 4. The first-order valence-electron chi connectivity index (χ1n) is 6.09. The number of hydrogen-bond acceptors (Lipinski definition) is 9. The topological polar surface area (TPSA) is 125 Å². The van der Waals surface area contributed by atoms with Gasteiger partial charge >= 0.3 is 5.69 Å². The molecule has 11 heteroatoms. The number of rotatable bonds is 5. The molecule has 0 fully saturated rings. The van der Waals surface area contributed by atoms with Crippen molar-refractivity contribution in [3.8, 4) is 0 Å². The van der Waals surface area contributed by atoms with Crippen LogP contribution in [0.15, 0.2) is 13.9 Å². The Morgan fingerprint density at radius 3 is 2.59 bits per heavy atom. The molecule has 0 bridgehead atoms. The Morgan fingerprint density at radius 1 is 1.32 bits per heavy atom. The largest absolute Gasteiger partial charge is 0.384 e. The predicted molar refractivity (Wildman–Crippen MR) is 85.8 cm³/mol. The average molecular weight is 342 g/mol. The number of ketones is 1. The van der Waals surface area contributed by atoms with Gasteiger partial charge in [0.15, 0.2) is 10.1 Å². The van der Waals surface area contributed by atoms with Gasteiger partial charge in [-0.15, -0.1) is 10.2 Å². The van der Waals surface area contributed by atoms with Crippen LogP contribution in [-0.4, -0.2) is 37.9 Å². The van der Waals surface area contributed by atoms with E-state index in [0.717, 1.165) is 20.9 Å². The minimum absolute atomic E-state index is 0.0179. The number of thioether (sulfide) groups is 1. The van der Waals surface area contributed by atoms with Crippen molar-refractivity contribution in [2.75, 3.05) is 23.9 Å². The van der Waals surface area contributed by atoms with E-state index in [-0.39, 0.29) is 17.1 Å². The van der Waals surface area contributed by atoms with Crippen molar-refractivity contribution >= 4 is 39.8 Å². The Labute approximate surface area is 133 Å². The van der Waals surface area contributed by atoms with E-state index in [0.29, 0.717) is 9.47 Å². The number of anilines is 2. The van der Waals surface area contributed by atoms with E-state index in [9.17, 15) is 14.4 Å². The molecule has 118 valence electrons. The van der Waals surface area contributed by atoms with Crippen molar-refractivity contribution in [2.45, 2.75) is 4.34 Å². The van der Waals surface area contributed by atoms with Crippen molar-refractivity contribution in [1.29, 1.82) is 0 Å².